The fourth-order valence-electron chi connectivity index (χ4n) is 3.30. The Morgan fingerprint density at radius 1 is 0.929 bits per heavy atom. The molecule has 28 heavy (non-hydrogen) atoms. The lowest BCUT2D eigenvalue weighted by Crippen LogP contribution is -2.36. The second-order valence-corrected chi connectivity index (χ2v) is 6.58. The molecule has 3 aromatic carbocycles. The lowest BCUT2D eigenvalue weighted by molar-refractivity contribution is -0.131. The number of fused-ring (bicyclic) bond motifs is 2. The molecule has 0 bridgehead atoms. The molecule has 0 atom stereocenters. The van der Waals surface area contributed by atoms with Crippen molar-refractivity contribution in [3.63, 3.8) is 0 Å². The van der Waals surface area contributed by atoms with Crippen molar-refractivity contribution in [2.45, 2.75) is 13.8 Å². The Bertz CT molecular complexity index is 1190. The first kappa shape index (κ1) is 17.6. The number of rotatable bonds is 2. The molecule has 6 heteroatoms. The number of anilines is 1. The van der Waals surface area contributed by atoms with Crippen molar-refractivity contribution >= 4 is 40.0 Å². The summed E-state index contributed by atoms with van der Waals surface area (Å²) in [5.74, 6) is -2.93. The minimum atomic E-state index is -0.924. The summed E-state index contributed by atoms with van der Waals surface area (Å²) in [5, 5.41) is 1.51. The number of carbonyl (C=O) groups excluding carboxylic acids is 4. The summed E-state index contributed by atoms with van der Waals surface area (Å²) in [6.45, 7) is 3.02. The second-order valence-electron chi connectivity index (χ2n) is 6.58. The zero-order valence-corrected chi connectivity index (χ0v) is 15.2. The number of ketones is 1. The van der Waals surface area contributed by atoms with Crippen LogP contribution < -0.4 is 9.64 Å². The molecule has 0 saturated heterocycles. The number of nitrogens with zero attached hydrogens (tertiary/aromatic N) is 1. The molecule has 0 spiro atoms. The van der Waals surface area contributed by atoms with Crippen LogP contribution >= 0.6 is 0 Å². The number of amides is 2. The molecule has 4 rings (SSSR count). The lowest BCUT2D eigenvalue weighted by Gasteiger charge is -2.17. The van der Waals surface area contributed by atoms with Crippen molar-refractivity contribution in [2.75, 3.05) is 4.90 Å². The van der Waals surface area contributed by atoms with E-state index in [0.717, 1.165) is 21.2 Å². The van der Waals surface area contributed by atoms with Gasteiger partial charge in [-0.05, 0) is 42.0 Å². The quantitative estimate of drug-likeness (QED) is 0.297. The number of aryl methyl sites for hydroxylation is 1. The molecular weight excluding hydrogens is 358 g/mol. The number of Topliss-reactive ketones (excluding diaryl/α,β-unsaturated/α-hetero) is 1. The van der Waals surface area contributed by atoms with Gasteiger partial charge in [0.1, 0.15) is 5.75 Å². The molecule has 0 N–H and O–H groups in total. The third-order valence-corrected chi connectivity index (χ3v) is 4.57. The van der Waals surface area contributed by atoms with Gasteiger partial charge in [-0.25, -0.2) is 4.90 Å². The standard InChI is InChI=1S/C22H15NO5/c1-12-7-8-18-16(9-12)20(25)22(27)23(18)21(26)17-10-14-5-3-4-6-15(14)11-19(17)28-13(2)24/h3-11H,1-2H3. The largest absolute Gasteiger partial charge is 0.426 e. The number of hydrogen-bond acceptors (Lipinski definition) is 5. The van der Waals surface area contributed by atoms with Crippen LogP contribution in [0.2, 0.25) is 0 Å². The molecule has 3 aromatic rings. The number of imide groups is 1. The average Bonchev–Trinajstić information content (AvgIpc) is 2.90. The maximum absolute atomic E-state index is 13.3. The Morgan fingerprint density at radius 2 is 1.61 bits per heavy atom. The third kappa shape index (κ3) is 2.75. The van der Waals surface area contributed by atoms with Crippen LogP contribution in [0, 0.1) is 6.92 Å². The molecule has 1 heterocycles. The van der Waals surface area contributed by atoms with E-state index in [1.54, 1.807) is 43.3 Å². The smallest absolute Gasteiger partial charge is 0.308 e. The van der Waals surface area contributed by atoms with Gasteiger partial charge >= 0.3 is 11.9 Å². The number of hydrogen-bond donors (Lipinski definition) is 0. The van der Waals surface area contributed by atoms with Crippen LogP contribution in [0.25, 0.3) is 10.8 Å². The first-order valence-electron chi connectivity index (χ1n) is 8.62. The highest BCUT2D eigenvalue weighted by molar-refractivity contribution is 6.57. The zero-order valence-electron chi connectivity index (χ0n) is 15.2. The molecule has 0 unspecified atom stereocenters. The van der Waals surface area contributed by atoms with Crippen molar-refractivity contribution in [2.24, 2.45) is 0 Å². The van der Waals surface area contributed by atoms with Gasteiger partial charge in [0.15, 0.2) is 0 Å². The summed E-state index contributed by atoms with van der Waals surface area (Å²) in [6, 6.07) is 15.2. The van der Waals surface area contributed by atoms with E-state index < -0.39 is 23.6 Å². The molecule has 0 fully saturated rings. The zero-order chi connectivity index (χ0) is 20.0. The van der Waals surface area contributed by atoms with Crippen LogP contribution in [-0.2, 0) is 9.59 Å². The third-order valence-electron chi connectivity index (χ3n) is 4.57. The van der Waals surface area contributed by atoms with Crippen molar-refractivity contribution in [1.82, 2.24) is 0 Å². The number of ether oxygens (including phenoxy) is 1. The minimum absolute atomic E-state index is 0.0310. The number of benzene rings is 3. The van der Waals surface area contributed by atoms with Gasteiger partial charge in [0.25, 0.3) is 11.7 Å². The van der Waals surface area contributed by atoms with Crippen LogP contribution in [0.1, 0.15) is 33.2 Å². The summed E-state index contributed by atoms with van der Waals surface area (Å²) in [4.78, 5) is 50.5. The summed E-state index contributed by atoms with van der Waals surface area (Å²) in [7, 11) is 0. The fourth-order valence-corrected chi connectivity index (χ4v) is 3.30. The van der Waals surface area contributed by atoms with Crippen molar-refractivity contribution in [1.29, 1.82) is 0 Å². The maximum Gasteiger partial charge on any atom is 0.308 e. The molecule has 0 radical (unpaired) electrons. The van der Waals surface area contributed by atoms with Crippen LogP contribution in [0.4, 0.5) is 5.69 Å². The van der Waals surface area contributed by atoms with Crippen molar-refractivity contribution in [3.05, 3.63) is 71.3 Å². The van der Waals surface area contributed by atoms with E-state index >= 15 is 0 Å². The molecule has 1 aliphatic rings. The molecule has 2 amide bonds. The van der Waals surface area contributed by atoms with Crippen LogP contribution in [0.5, 0.6) is 5.75 Å². The van der Waals surface area contributed by atoms with Gasteiger partial charge < -0.3 is 4.74 Å². The van der Waals surface area contributed by atoms with Gasteiger partial charge in [-0.15, -0.1) is 0 Å². The summed E-state index contributed by atoms with van der Waals surface area (Å²) >= 11 is 0. The minimum Gasteiger partial charge on any atom is -0.426 e. The second kappa shape index (κ2) is 6.42. The van der Waals surface area contributed by atoms with E-state index in [1.807, 2.05) is 18.2 Å². The Labute approximate surface area is 160 Å². The SMILES string of the molecule is CC(=O)Oc1cc2ccccc2cc1C(=O)N1C(=O)C(=O)c2cc(C)ccc21. The topological polar surface area (TPSA) is 80.8 Å². The lowest BCUT2D eigenvalue weighted by atomic mass is 10.0. The van der Waals surface area contributed by atoms with E-state index in [2.05, 4.69) is 0 Å². The Balaban J connectivity index is 1.88. The van der Waals surface area contributed by atoms with Gasteiger partial charge in [-0.3, -0.25) is 19.2 Å². The average molecular weight is 373 g/mol. The van der Waals surface area contributed by atoms with Gasteiger partial charge in [0.2, 0.25) is 0 Å². The number of carbonyl (C=O) groups is 4. The Kier molecular flexibility index (Phi) is 4.04. The molecule has 138 valence electrons. The first-order valence-corrected chi connectivity index (χ1v) is 8.62. The Morgan fingerprint density at radius 3 is 2.29 bits per heavy atom. The molecule has 0 aromatic heterocycles. The highest BCUT2D eigenvalue weighted by atomic mass is 16.5. The highest BCUT2D eigenvalue weighted by Gasteiger charge is 2.41. The van der Waals surface area contributed by atoms with E-state index in [4.69, 9.17) is 4.74 Å². The number of esters is 1. The highest BCUT2D eigenvalue weighted by Crippen LogP contribution is 2.34. The molecule has 0 aliphatic carbocycles. The summed E-state index contributed by atoms with van der Waals surface area (Å²) in [5.41, 5.74) is 1.25. The van der Waals surface area contributed by atoms with E-state index in [-0.39, 0.29) is 22.6 Å². The predicted octanol–water partition coefficient (Wildman–Crippen LogP) is 3.44. The van der Waals surface area contributed by atoms with E-state index in [1.165, 1.54) is 6.92 Å². The Hall–Kier alpha value is -3.80. The van der Waals surface area contributed by atoms with Crippen LogP contribution in [-0.4, -0.2) is 23.6 Å². The molecule has 6 nitrogen and oxygen atoms in total. The predicted molar refractivity (Wildman–Crippen MR) is 103 cm³/mol. The van der Waals surface area contributed by atoms with Crippen molar-refractivity contribution < 1.29 is 23.9 Å². The molecule has 0 saturated carbocycles. The normalized spacial score (nSPS) is 13.0. The van der Waals surface area contributed by atoms with Gasteiger partial charge in [-0.1, -0.05) is 35.9 Å². The van der Waals surface area contributed by atoms with Gasteiger partial charge in [0.05, 0.1) is 16.8 Å². The van der Waals surface area contributed by atoms with Gasteiger partial charge in [0, 0.05) is 6.92 Å². The maximum atomic E-state index is 13.3. The van der Waals surface area contributed by atoms with E-state index in [0.29, 0.717) is 0 Å². The fraction of sp³-hybridized carbons (Fsp3) is 0.0909. The molecular formula is C22H15NO5. The first-order chi connectivity index (χ1) is 13.4. The van der Waals surface area contributed by atoms with E-state index in [9.17, 15) is 19.2 Å². The summed E-state index contributed by atoms with van der Waals surface area (Å²) in [6.07, 6.45) is 0. The summed E-state index contributed by atoms with van der Waals surface area (Å²) < 4.78 is 5.22. The molecule has 1 aliphatic heterocycles. The monoisotopic (exact) mass is 373 g/mol. The van der Waals surface area contributed by atoms with Crippen molar-refractivity contribution in [3.8, 4) is 5.75 Å². The van der Waals surface area contributed by atoms with Gasteiger partial charge in [-0.2, -0.15) is 0 Å². The van der Waals surface area contributed by atoms with Crippen LogP contribution in [0.3, 0.4) is 0 Å². The van der Waals surface area contributed by atoms with Crippen LogP contribution in [0.15, 0.2) is 54.6 Å².